The van der Waals surface area contributed by atoms with E-state index in [9.17, 15) is 0 Å². The molecule has 0 atom stereocenters. The van der Waals surface area contributed by atoms with E-state index in [2.05, 4.69) is 58.7 Å². The minimum atomic E-state index is 0.556. The Morgan fingerprint density at radius 3 is 2.50 bits per heavy atom. The first-order valence-corrected chi connectivity index (χ1v) is 9.31. The summed E-state index contributed by atoms with van der Waals surface area (Å²) in [6.45, 7) is 8.59. The van der Waals surface area contributed by atoms with Gasteiger partial charge in [-0.1, -0.05) is 0 Å². The van der Waals surface area contributed by atoms with Crippen molar-refractivity contribution in [2.24, 2.45) is 0 Å². The van der Waals surface area contributed by atoms with Crippen LogP contribution in [0.5, 0.6) is 0 Å². The molecule has 0 amide bonds. The molecule has 22 heavy (non-hydrogen) atoms. The van der Waals surface area contributed by atoms with Crippen LogP contribution in [0.1, 0.15) is 39.2 Å². The molecule has 0 unspecified atom stereocenters. The number of thioether (sulfide) groups is 1. The predicted octanol–water partition coefficient (Wildman–Crippen LogP) is 4.05. The van der Waals surface area contributed by atoms with E-state index in [1.54, 1.807) is 0 Å². The van der Waals surface area contributed by atoms with Gasteiger partial charge in [-0.25, -0.2) is 0 Å². The van der Waals surface area contributed by atoms with Crippen LogP contribution in [0.2, 0.25) is 0 Å². The molecule has 0 aliphatic carbocycles. The SMILES string of the molecule is C[CH-]c1ccc(N(CCC)CCC)cc1N1C(=N)SC[C]1=[Co]. The van der Waals surface area contributed by atoms with E-state index in [1.807, 2.05) is 11.8 Å². The molecule has 1 aromatic carbocycles. The predicted molar refractivity (Wildman–Crippen MR) is 96.0 cm³/mol. The van der Waals surface area contributed by atoms with Gasteiger partial charge in [-0.2, -0.15) is 0 Å². The minimum absolute atomic E-state index is 0.556. The Hall–Kier alpha value is -0.914. The second-order valence-corrected chi connectivity index (χ2v) is 6.86. The second-order valence-electron chi connectivity index (χ2n) is 5.30. The average Bonchev–Trinajstić information content (AvgIpc) is 2.85. The monoisotopic (exact) mass is 361 g/mol. The third-order valence-corrected chi connectivity index (χ3v) is 5.18. The molecule has 3 nitrogen and oxygen atoms in total. The normalized spacial score (nSPS) is 14.6. The molecule has 1 saturated heterocycles. The third kappa shape index (κ3) is 3.70. The van der Waals surface area contributed by atoms with Crippen LogP contribution in [0.25, 0.3) is 0 Å². The molecule has 0 aromatic heterocycles. The second kappa shape index (κ2) is 8.08. The number of benzene rings is 1. The third-order valence-electron chi connectivity index (χ3n) is 3.68. The Kier molecular flexibility index (Phi) is 6.41. The molecule has 1 N–H and O–H groups in total. The first-order chi connectivity index (χ1) is 10.6. The number of rotatable bonds is 7. The fourth-order valence-electron chi connectivity index (χ4n) is 2.67. The van der Waals surface area contributed by atoms with E-state index >= 15 is 0 Å². The molecule has 1 heterocycles. The number of hydrogen-bond acceptors (Lipinski definition) is 3. The summed E-state index contributed by atoms with van der Waals surface area (Å²) in [6.07, 6.45) is 4.37. The van der Waals surface area contributed by atoms with Gasteiger partial charge in [0.15, 0.2) is 0 Å². The summed E-state index contributed by atoms with van der Waals surface area (Å²) in [4.78, 5) is 4.38. The molecule has 123 valence electrons. The van der Waals surface area contributed by atoms with Gasteiger partial charge in [0.2, 0.25) is 0 Å². The van der Waals surface area contributed by atoms with Crippen LogP contribution in [-0.4, -0.2) is 28.6 Å². The number of hydrogen-bond donors (Lipinski definition) is 1. The van der Waals surface area contributed by atoms with E-state index in [-0.39, 0.29) is 0 Å². The van der Waals surface area contributed by atoms with Gasteiger partial charge in [0.1, 0.15) is 0 Å². The van der Waals surface area contributed by atoms with E-state index in [1.165, 1.54) is 17.4 Å². The zero-order valence-corrected chi connectivity index (χ0v) is 15.3. The van der Waals surface area contributed by atoms with E-state index in [0.29, 0.717) is 5.17 Å². The summed E-state index contributed by atoms with van der Waals surface area (Å²) >= 11 is 6.15. The molecule has 0 spiro atoms. The van der Waals surface area contributed by atoms with Crippen LogP contribution in [0.15, 0.2) is 18.2 Å². The van der Waals surface area contributed by atoms with Crippen LogP contribution in [0.4, 0.5) is 11.4 Å². The zero-order valence-electron chi connectivity index (χ0n) is 13.5. The standard InChI is InChI=1S/C17H24N3S.Co/c1-4-9-19(10-5-2)15-8-7-14(6-3)16(13-15)20-11-12-21-17(20)18;/h6-8,13,18H,4-5,9-10,12H2,1-3H3;/q-1;. The fraction of sp³-hybridized carbons (Fsp3) is 0.471. The van der Waals surface area contributed by atoms with Crippen LogP contribution in [0.3, 0.4) is 0 Å². The van der Waals surface area contributed by atoms with Crippen molar-refractivity contribution in [3.05, 3.63) is 30.2 Å². The first kappa shape index (κ1) is 17.4. The number of amidine groups is 1. The van der Waals surface area contributed by atoms with Gasteiger partial charge in [-0.3, -0.25) is 0 Å². The van der Waals surface area contributed by atoms with E-state index < -0.39 is 0 Å². The molecule has 1 aromatic rings. The van der Waals surface area contributed by atoms with Crippen LogP contribution in [0, 0.1) is 11.8 Å². The number of anilines is 2. The van der Waals surface area contributed by atoms with E-state index in [0.717, 1.165) is 47.5 Å². The van der Waals surface area contributed by atoms with Crippen LogP contribution < -0.4 is 9.80 Å². The van der Waals surface area contributed by atoms with Crippen molar-refractivity contribution >= 4 is 32.9 Å². The van der Waals surface area contributed by atoms with Crippen molar-refractivity contribution in [1.82, 2.24) is 0 Å². The maximum atomic E-state index is 8.18. The van der Waals surface area contributed by atoms with Gasteiger partial charge >= 0.3 is 146 Å². The maximum absolute atomic E-state index is 8.18. The van der Waals surface area contributed by atoms with Crippen molar-refractivity contribution in [2.75, 3.05) is 28.6 Å². The van der Waals surface area contributed by atoms with Gasteiger partial charge < -0.3 is 0 Å². The molecule has 0 saturated carbocycles. The summed E-state index contributed by atoms with van der Waals surface area (Å²) in [7, 11) is 0. The molecule has 5 heteroatoms. The van der Waals surface area contributed by atoms with Crippen molar-refractivity contribution in [3.63, 3.8) is 0 Å². The van der Waals surface area contributed by atoms with Crippen molar-refractivity contribution in [1.29, 1.82) is 5.41 Å². The Balaban J connectivity index is 2.41. The summed E-state index contributed by atoms with van der Waals surface area (Å²) in [6, 6.07) is 6.55. The van der Waals surface area contributed by atoms with Crippen molar-refractivity contribution in [2.45, 2.75) is 33.6 Å². The quantitative estimate of drug-likeness (QED) is 0.743. The molecule has 0 radical (unpaired) electrons. The topological polar surface area (TPSA) is 30.3 Å². The Morgan fingerprint density at radius 2 is 2.00 bits per heavy atom. The molecule has 0 bridgehead atoms. The summed E-state index contributed by atoms with van der Waals surface area (Å²) in [5, 5.41) is 8.73. The summed E-state index contributed by atoms with van der Waals surface area (Å²) < 4.78 is 0.931. The molecular formula is C17H24CoN3S-. The molecule has 1 aliphatic heterocycles. The van der Waals surface area contributed by atoms with Crippen molar-refractivity contribution in [3.8, 4) is 0 Å². The van der Waals surface area contributed by atoms with Gasteiger partial charge in [0.25, 0.3) is 0 Å². The molecule has 2 rings (SSSR count). The Bertz CT molecular complexity index is 537. The zero-order chi connectivity index (χ0) is 16.1. The van der Waals surface area contributed by atoms with Gasteiger partial charge in [-0.05, 0) is 0 Å². The van der Waals surface area contributed by atoms with Crippen LogP contribution in [-0.2, 0) is 15.3 Å². The number of nitrogens with one attached hydrogen (secondary N) is 1. The Labute approximate surface area is 146 Å². The summed E-state index contributed by atoms with van der Waals surface area (Å²) in [5.41, 5.74) is 3.44. The summed E-state index contributed by atoms with van der Waals surface area (Å²) in [5.74, 6) is 0.778. The molecule has 1 fully saturated rings. The average molecular weight is 361 g/mol. The van der Waals surface area contributed by atoms with Crippen molar-refractivity contribution < 1.29 is 15.3 Å². The fourth-order valence-corrected chi connectivity index (χ4v) is 3.92. The molecular weight excluding hydrogens is 337 g/mol. The van der Waals surface area contributed by atoms with E-state index in [4.69, 9.17) is 5.41 Å². The van der Waals surface area contributed by atoms with Crippen LogP contribution >= 0.6 is 11.8 Å². The number of nitrogens with zero attached hydrogens (tertiary/aromatic N) is 2. The Morgan fingerprint density at radius 1 is 1.32 bits per heavy atom. The first-order valence-electron chi connectivity index (χ1n) is 7.81. The van der Waals surface area contributed by atoms with Gasteiger partial charge in [0.05, 0.1) is 0 Å². The van der Waals surface area contributed by atoms with Gasteiger partial charge in [-0.15, -0.1) is 0 Å². The van der Waals surface area contributed by atoms with Gasteiger partial charge in [0, 0.05) is 0 Å². The molecule has 1 aliphatic rings.